The predicted octanol–water partition coefficient (Wildman–Crippen LogP) is 3.24. The zero-order valence-electron chi connectivity index (χ0n) is 12.4. The smallest absolute Gasteiger partial charge is 0.213 e. The van der Waals surface area contributed by atoms with Gasteiger partial charge in [0, 0.05) is 23.7 Å². The predicted molar refractivity (Wildman–Crippen MR) is 88.0 cm³/mol. The first-order valence-electron chi connectivity index (χ1n) is 6.87. The largest absolute Gasteiger partial charge is 0.256 e. The molecule has 1 atom stereocenters. The summed E-state index contributed by atoms with van der Waals surface area (Å²) in [7, 11) is -3.21. The van der Waals surface area contributed by atoms with E-state index in [1.807, 2.05) is 36.7 Å². The van der Waals surface area contributed by atoms with Crippen molar-refractivity contribution < 1.29 is 8.42 Å². The van der Waals surface area contributed by atoms with Gasteiger partial charge in [0.25, 0.3) is 0 Å². The molecule has 0 bridgehead atoms. The second-order valence-electron chi connectivity index (χ2n) is 5.33. The molecule has 2 aromatic heterocycles. The Kier molecular flexibility index (Phi) is 5.13. The minimum atomic E-state index is -3.21. The summed E-state index contributed by atoms with van der Waals surface area (Å²) in [6.07, 6.45) is 1.82. The second kappa shape index (κ2) is 6.68. The van der Waals surface area contributed by atoms with E-state index in [1.165, 1.54) is 0 Å². The van der Waals surface area contributed by atoms with Gasteiger partial charge in [-0.2, -0.15) is 11.3 Å². The highest BCUT2D eigenvalue weighted by atomic mass is 32.2. The summed E-state index contributed by atoms with van der Waals surface area (Å²) < 4.78 is 26.1. The van der Waals surface area contributed by atoms with Gasteiger partial charge < -0.3 is 0 Å². The number of nitrogens with one attached hydrogen (secondary N) is 1. The van der Waals surface area contributed by atoms with E-state index in [9.17, 15) is 8.42 Å². The van der Waals surface area contributed by atoms with Crippen molar-refractivity contribution in [1.29, 1.82) is 0 Å². The molecule has 0 saturated carbocycles. The first-order valence-corrected chi connectivity index (χ1v) is 9.36. The minimum Gasteiger partial charge on any atom is -0.256 e. The summed E-state index contributed by atoms with van der Waals surface area (Å²) in [4.78, 5) is 4.45. The van der Waals surface area contributed by atoms with E-state index in [1.54, 1.807) is 25.2 Å². The van der Waals surface area contributed by atoms with Crippen LogP contribution in [0, 0.1) is 0 Å². The van der Waals surface area contributed by atoms with Crippen LogP contribution in [0.15, 0.2) is 35.2 Å². The Morgan fingerprint density at radius 1 is 1.24 bits per heavy atom. The van der Waals surface area contributed by atoms with Gasteiger partial charge >= 0.3 is 0 Å². The van der Waals surface area contributed by atoms with E-state index < -0.39 is 15.3 Å². The maximum Gasteiger partial charge on any atom is 0.213 e. The fourth-order valence-corrected chi connectivity index (χ4v) is 3.27. The molecule has 4 nitrogen and oxygen atoms in total. The SMILES string of the molecule is CC(CNS(=O)(=O)C(C)C)c1ccc(-c2ccsc2)nc1. The van der Waals surface area contributed by atoms with Crippen LogP contribution in [0.5, 0.6) is 0 Å². The Labute approximate surface area is 130 Å². The van der Waals surface area contributed by atoms with E-state index >= 15 is 0 Å². The molecule has 114 valence electrons. The quantitative estimate of drug-likeness (QED) is 0.887. The van der Waals surface area contributed by atoms with Crippen LogP contribution in [0.4, 0.5) is 0 Å². The van der Waals surface area contributed by atoms with Gasteiger partial charge in [-0.1, -0.05) is 13.0 Å². The minimum absolute atomic E-state index is 0.0857. The lowest BCUT2D eigenvalue weighted by Gasteiger charge is -2.15. The third-order valence-electron chi connectivity index (χ3n) is 3.38. The van der Waals surface area contributed by atoms with Crippen molar-refractivity contribution in [3.63, 3.8) is 0 Å². The summed E-state index contributed by atoms with van der Waals surface area (Å²) in [6, 6.07) is 6.02. The number of hydrogen-bond acceptors (Lipinski definition) is 4. The van der Waals surface area contributed by atoms with Crippen molar-refractivity contribution in [3.05, 3.63) is 40.7 Å². The van der Waals surface area contributed by atoms with Gasteiger partial charge in [-0.15, -0.1) is 0 Å². The van der Waals surface area contributed by atoms with Crippen LogP contribution >= 0.6 is 11.3 Å². The number of thiophene rings is 1. The van der Waals surface area contributed by atoms with Crippen molar-refractivity contribution in [2.45, 2.75) is 31.9 Å². The van der Waals surface area contributed by atoms with Crippen LogP contribution in [0.1, 0.15) is 32.3 Å². The highest BCUT2D eigenvalue weighted by molar-refractivity contribution is 7.90. The van der Waals surface area contributed by atoms with Crippen LogP contribution in [-0.4, -0.2) is 25.2 Å². The molecule has 2 rings (SSSR count). The molecule has 2 heterocycles. The molecule has 21 heavy (non-hydrogen) atoms. The molecule has 0 aromatic carbocycles. The van der Waals surface area contributed by atoms with Crippen LogP contribution in [0.2, 0.25) is 0 Å². The number of sulfonamides is 1. The zero-order chi connectivity index (χ0) is 15.5. The van der Waals surface area contributed by atoms with Crippen molar-refractivity contribution in [2.24, 2.45) is 0 Å². The van der Waals surface area contributed by atoms with Gasteiger partial charge in [-0.25, -0.2) is 13.1 Å². The molecule has 6 heteroatoms. The average molecular weight is 324 g/mol. The van der Waals surface area contributed by atoms with E-state index in [-0.39, 0.29) is 5.92 Å². The molecule has 0 fully saturated rings. The molecule has 2 aromatic rings. The highest BCUT2D eigenvalue weighted by Gasteiger charge is 2.17. The van der Waals surface area contributed by atoms with Gasteiger partial charge in [0.05, 0.1) is 10.9 Å². The molecular weight excluding hydrogens is 304 g/mol. The Hall–Kier alpha value is -1.24. The normalized spacial score (nSPS) is 13.5. The van der Waals surface area contributed by atoms with Gasteiger partial charge in [-0.3, -0.25) is 4.98 Å². The number of pyridine rings is 1. The Morgan fingerprint density at radius 2 is 2.00 bits per heavy atom. The maximum atomic E-state index is 11.8. The summed E-state index contributed by atoms with van der Waals surface area (Å²) >= 11 is 1.64. The van der Waals surface area contributed by atoms with Crippen molar-refractivity contribution >= 4 is 21.4 Å². The first kappa shape index (κ1) is 16.1. The molecule has 0 aliphatic rings. The van der Waals surface area contributed by atoms with Gasteiger partial charge in [-0.05, 0) is 42.8 Å². The fourth-order valence-electron chi connectivity index (χ4n) is 1.80. The van der Waals surface area contributed by atoms with Gasteiger partial charge in [0.2, 0.25) is 10.0 Å². The summed E-state index contributed by atoms with van der Waals surface area (Å²) in [5, 5.41) is 3.67. The average Bonchev–Trinajstić information content (AvgIpc) is 2.99. The number of nitrogens with zero attached hydrogens (tertiary/aromatic N) is 1. The standard InChI is InChI=1S/C15H20N2O2S2/c1-11(2)21(18,19)17-8-12(3)13-4-5-15(16-9-13)14-6-7-20-10-14/h4-7,9-12,17H,8H2,1-3H3. The molecule has 1 N–H and O–H groups in total. The van der Waals surface area contributed by atoms with Gasteiger partial charge in [0.15, 0.2) is 0 Å². The summed E-state index contributed by atoms with van der Waals surface area (Å²) in [5.41, 5.74) is 3.08. The van der Waals surface area contributed by atoms with E-state index in [0.717, 1.165) is 16.8 Å². The Balaban J connectivity index is 2.02. The molecular formula is C15H20N2O2S2. The fraction of sp³-hybridized carbons (Fsp3) is 0.400. The Bertz CT molecular complexity index is 662. The maximum absolute atomic E-state index is 11.8. The third-order valence-corrected chi connectivity index (χ3v) is 5.88. The number of aromatic nitrogens is 1. The van der Waals surface area contributed by atoms with Gasteiger partial charge in [0.1, 0.15) is 0 Å². The van der Waals surface area contributed by atoms with Crippen LogP contribution in [0.25, 0.3) is 11.3 Å². The summed E-state index contributed by atoms with van der Waals surface area (Å²) in [6.45, 7) is 5.72. The third kappa shape index (κ3) is 4.12. The molecule has 0 radical (unpaired) electrons. The number of rotatable bonds is 6. The van der Waals surface area contributed by atoms with Crippen molar-refractivity contribution in [1.82, 2.24) is 9.71 Å². The molecule has 1 unspecified atom stereocenters. The molecule has 0 saturated heterocycles. The lowest BCUT2D eigenvalue weighted by atomic mass is 10.0. The van der Waals surface area contributed by atoms with E-state index in [4.69, 9.17) is 0 Å². The Morgan fingerprint density at radius 3 is 2.52 bits per heavy atom. The van der Waals surface area contributed by atoms with Crippen molar-refractivity contribution in [3.8, 4) is 11.3 Å². The van der Waals surface area contributed by atoms with Crippen LogP contribution in [0.3, 0.4) is 0 Å². The monoisotopic (exact) mass is 324 g/mol. The van der Waals surface area contributed by atoms with E-state index in [2.05, 4.69) is 15.1 Å². The van der Waals surface area contributed by atoms with Crippen molar-refractivity contribution in [2.75, 3.05) is 6.54 Å². The molecule has 0 spiro atoms. The van der Waals surface area contributed by atoms with Crippen LogP contribution in [-0.2, 0) is 10.0 Å². The second-order valence-corrected chi connectivity index (χ2v) is 8.43. The number of hydrogen-bond donors (Lipinski definition) is 1. The first-order chi connectivity index (χ1) is 9.90. The zero-order valence-corrected chi connectivity index (χ0v) is 14.0. The highest BCUT2D eigenvalue weighted by Crippen LogP contribution is 2.22. The summed E-state index contributed by atoms with van der Waals surface area (Å²) in [5.74, 6) is 0.0857. The molecule has 0 aliphatic carbocycles. The lowest BCUT2D eigenvalue weighted by molar-refractivity contribution is 0.566. The van der Waals surface area contributed by atoms with E-state index in [0.29, 0.717) is 6.54 Å². The molecule has 0 amide bonds. The van der Waals surface area contributed by atoms with Crippen LogP contribution < -0.4 is 4.72 Å². The molecule has 0 aliphatic heterocycles. The lowest BCUT2D eigenvalue weighted by Crippen LogP contribution is -2.33. The topological polar surface area (TPSA) is 59.1 Å².